The van der Waals surface area contributed by atoms with Gasteiger partial charge in [-0.2, -0.15) is 0 Å². The molecule has 2 aromatic carbocycles. The van der Waals surface area contributed by atoms with Crippen molar-refractivity contribution in [2.75, 3.05) is 38.3 Å². The van der Waals surface area contributed by atoms with Crippen molar-refractivity contribution in [2.24, 2.45) is 0 Å². The number of benzene rings is 2. The van der Waals surface area contributed by atoms with Crippen LogP contribution in [0.15, 0.2) is 42.9 Å². The second-order valence-corrected chi connectivity index (χ2v) is 9.97. The van der Waals surface area contributed by atoms with Crippen molar-refractivity contribution in [1.82, 2.24) is 19.8 Å². The molecule has 194 valence electrons. The molecule has 2 atom stereocenters. The van der Waals surface area contributed by atoms with E-state index in [1.807, 2.05) is 21.9 Å². The number of amides is 2. The topological polar surface area (TPSA) is 89.1 Å². The van der Waals surface area contributed by atoms with E-state index < -0.39 is 5.82 Å². The number of carbonyl (C=O) groups is 1. The van der Waals surface area contributed by atoms with Crippen LogP contribution in [0.25, 0.3) is 10.9 Å². The van der Waals surface area contributed by atoms with Gasteiger partial charge in [0, 0.05) is 55.8 Å². The van der Waals surface area contributed by atoms with Gasteiger partial charge in [-0.1, -0.05) is 11.6 Å². The Balaban J connectivity index is 1.10. The van der Waals surface area contributed by atoms with Gasteiger partial charge in [-0.3, -0.25) is 0 Å². The number of fused-ring (bicyclic) bond motifs is 3. The van der Waals surface area contributed by atoms with Crippen LogP contribution in [-0.2, 0) is 4.74 Å². The largest absolute Gasteiger partial charge is 0.486 e. The predicted octanol–water partition coefficient (Wildman–Crippen LogP) is 4.31. The Hall–Kier alpha value is -3.37. The van der Waals surface area contributed by atoms with Gasteiger partial charge >= 0.3 is 6.03 Å². The van der Waals surface area contributed by atoms with Crippen LogP contribution in [0.3, 0.4) is 0 Å². The molecule has 11 heteroatoms. The van der Waals surface area contributed by atoms with E-state index in [9.17, 15) is 9.18 Å². The lowest BCUT2D eigenvalue weighted by molar-refractivity contribution is 0.0303. The molecule has 3 saturated heterocycles. The average molecular weight is 528 g/mol. The van der Waals surface area contributed by atoms with E-state index in [2.05, 4.69) is 15.3 Å². The maximum Gasteiger partial charge on any atom is 0.320 e. The monoisotopic (exact) mass is 527 g/mol. The first kappa shape index (κ1) is 24.0. The Bertz CT molecular complexity index is 1310. The van der Waals surface area contributed by atoms with Crippen molar-refractivity contribution in [1.29, 1.82) is 0 Å². The molecule has 3 aliphatic rings. The molecule has 4 heterocycles. The number of urea groups is 1. The zero-order valence-corrected chi connectivity index (χ0v) is 20.9. The summed E-state index contributed by atoms with van der Waals surface area (Å²) in [6.45, 7) is 2.73. The molecule has 2 bridgehead atoms. The molecule has 0 saturated carbocycles. The van der Waals surface area contributed by atoms with E-state index in [0.29, 0.717) is 43.4 Å². The van der Waals surface area contributed by atoms with Crippen LogP contribution >= 0.6 is 11.6 Å². The quantitative estimate of drug-likeness (QED) is 0.478. The number of anilines is 1. The van der Waals surface area contributed by atoms with Gasteiger partial charge < -0.3 is 29.3 Å². The molecule has 0 spiro atoms. The van der Waals surface area contributed by atoms with E-state index in [0.717, 1.165) is 30.2 Å². The molecule has 1 aromatic heterocycles. The van der Waals surface area contributed by atoms with Crippen LogP contribution in [0.5, 0.6) is 11.5 Å². The van der Waals surface area contributed by atoms with E-state index in [1.54, 1.807) is 12.3 Å². The highest BCUT2D eigenvalue weighted by molar-refractivity contribution is 6.31. The number of carbonyl (C=O) groups excluding carboxylic acids is 1. The van der Waals surface area contributed by atoms with Gasteiger partial charge in [0.05, 0.1) is 29.3 Å². The molecule has 1 N–H and O–H groups in total. The molecule has 2 amide bonds. The molecule has 9 nitrogen and oxygen atoms in total. The Kier molecular flexibility index (Phi) is 6.60. The third-order valence-electron chi connectivity index (χ3n) is 7.15. The number of hydrogen-bond acceptors (Lipinski definition) is 7. The van der Waals surface area contributed by atoms with E-state index in [-0.39, 0.29) is 36.0 Å². The summed E-state index contributed by atoms with van der Waals surface area (Å²) in [4.78, 5) is 25.3. The van der Waals surface area contributed by atoms with E-state index >= 15 is 0 Å². The number of morpholine rings is 1. The number of halogens is 2. The Morgan fingerprint density at radius 3 is 2.84 bits per heavy atom. The number of nitrogens with one attached hydrogen (secondary N) is 1. The number of rotatable bonds is 6. The fraction of sp³-hybridized carbons (Fsp3) is 0.423. The molecule has 6 rings (SSSR count). The highest BCUT2D eigenvalue weighted by Crippen LogP contribution is 2.34. The summed E-state index contributed by atoms with van der Waals surface area (Å²) in [5.74, 6) is 0.631. The molecular weight excluding hydrogens is 501 g/mol. The first-order chi connectivity index (χ1) is 18.0. The second-order valence-electron chi connectivity index (χ2n) is 9.56. The SMILES string of the molecule is O=C(N1CCC(Oc2cc3cncnc3cc2OCNc2ccc(F)c(Cl)c2)CC1)N1C[C@@H]2C[C@H]1CO2. The third-order valence-corrected chi connectivity index (χ3v) is 7.44. The number of nitrogens with zero attached hydrogens (tertiary/aromatic N) is 4. The molecule has 3 aliphatic heterocycles. The molecule has 0 aliphatic carbocycles. The van der Waals surface area contributed by atoms with Crippen LogP contribution < -0.4 is 14.8 Å². The lowest BCUT2D eigenvalue weighted by Gasteiger charge is -2.37. The molecule has 0 unspecified atom stereocenters. The first-order valence-corrected chi connectivity index (χ1v) is 12.8. The standard InChI is InChI=1S/C26H27ClFN5O4/c27-21-8-17(1-2-22(21)28)31-15-36-24-10-23-16(11-29-14-30-23)7-25(24)37-19-3-5-32(6-4-19)26(34)33-12-20-9-18(33)13-35-20/h1-2,7-8,10-11,14,18-20,31H,3-6,9,12-13,15H2/t18-,20-/m0/s1. The number of likely N-dealkylation sites (tertiary alicyclic amines) is 2. The van der Waals surface area contributed by atoms with Crippen LogP contribution in [-0.4, -0.2) is 77.0 Å². The van der Waals surface area contributed by atoms with Crippen molar-refractivity contribution in [3.05, 3.63) is 53.7 Å². The number of ether oxygens (including phenoxy) is 3. The zero-order valence-electron chi connectivity index (χ0n) is 20.1. The summed E-state index contributed by atoms with van der Waals surface area (Å²) in [6.07, 6.45) is 5.74. The minimum atomic E-state index is -0.479. The van der Waals surface area contributed by atoms with Gasteiger partial charge in [-0.25, -0.2) is 19.2 Å². The van der Waals surface area contributed by atoms with Gasteiger partial charge in [0.25, 0.3) is 0 Å². The Morgan fingerprint density at radius 1 is 1.22 bits per heavy atom. The number of piperidine rings is 1. The smallest absolute Gasteiger partial charge is 0.320 e. The lowest BCUT2D eigenvalue weighted by Crippen LogP contribution is -2.51. The lowest BCUT2D eigenvalue weighted by atomic mass is 10.1. The molecule has 37 heavy (non-hydrogen) atoms. The van der Waals surface area contributed by atoms with Gasteiger partial charge in [-0.05, 0) is 30.7 Å². The minimum Gasteiger partial charge on any atom is -0.486 e. The molecular formula is C26H27ClFN5O4. The summed E-state index contributed by atoms with van der Waals surface area (Å²) >= 11 is 5.87. The summed E-state index contributed by atoms with van der Waals surface area (Å²) in [5.41, 5.74) is 1.36. The van der Waals surface area contributed by atoms with Crippen LogP contribution in [0, 0.1) is 5.82 Å². The first-order valence-electron chi connectivity index (χ1n) is 12.4. The fourth-order valence-electron chi connectivity index (χ4n) is 5.16. The van der Waals surface area contributed by atoms with Crippen molar-refractivity contribution in [3.63, 3.8) is 0 Å². The van der Waals surface area contributed by atoms with Crippen LogP contribution in [0.1, 0.15) is 19.3 Å². The predicted molar refractivity (Wildman–Crippen MR) is 136 cm³/mol. The summed E-state index contributed by atoms with van der Waals surface area (Å²) < 4.78 is 31.5. The van der Waals surface area contributed by atoms with Crippen LogP contribution in [0.2, 0.25) is 5.02 Å². The summed E-state index contributed by atoms with van der Waals surface area (Å²) in [6, 6.07) is 8.39. The Morgan fingerprint density at radius 2 is 2.08 bits per heavy atom. The van der Waals surface area contributed by atoms with Crippen molar-refractivity contribution in [2.45, 2.75) is 37.5 Å². The highest BCUT2D eigenvalue weighted by Gasteiger charge is 2.43. The van der Waals surface area contributed by atoms with Crippen molar-refractivity contribution < 1.29 is 23.4 Å². The number of hydrogen-bond donors (Lipinski definition) is 1. The highest BCUT2D eigenvalue weighted by atomic mass is 35.5. The molecule has 0 radical (unpaired) electrons. The summed E-state index contributed by atoms with van der Waals surface area (Å²) in [7, 11) is 0. The van der Waals surface area contributed by atoms with Gasteiger partial charge in [-0.15, -0.1) is 0 Å². The van der Waals surface area contributed by atoms with Gasteiger partial charge in [0.2, 0.25) is 0 Å². The maximum atomic E-state index is 13.4. The molecule has 3 aromatic rings. The fourth-order valence-corrected chi connectivity index (χ4v) is 5.34. The maximum absolute atomic E-state index is 13.4. The third kappa shape index (κ3) is 5.08. The van der Waals surface area contributed by atoms with Gasteiger partial charge in [0.1, 0.15) is 18.2 Å². The van der Waals surface area contributed by atoms with Gasteiger partial charge in [0.15, 0.2) is 18.2 Å². The van der Waals surface area contributed by atoms with Crippen molar-refractivity contribution >= 4 is 34.2 Å². The zero-order chi connectivity index (χ0) is 25.4. The summed E-state index contributed by atoms with van der Waals surface area (Å²) in [5, 5.41) is 3.95. The number of aromatic nitrogens is 2. The van der Waals surface area contributed by atoms with E-state index in [4.69, 9.17) is 25.8 Å². The Labute approximate surface area is 218 Å². The molecule has 3 fully saturated rings. The van der Waals surface area contributed by atoms with Crippen LogP contribution in [0.4, 0.5) is 14.9 Å². The normalized spacial score (nSPS) is 21.5. The average Bonchev–Trinajstić information content (AvgIpc) is 3.55. The second kappa shape index (κ2) is 10.2. The van der Waals surface area contributed by atoms with E-state index in [1.165, 1.54) is 18.5 Å². The van der Waals surface area contributed by atoms with Crippen molar-refractivity contribution in [3.8, 4) is 11.5 Å². The minimum absolute atomic E-state index is 0.0341.